The number of benzene rings is 2. The highest BCUT2D eigenvalue weighted by Gasteiger charge is 2.40. The van der Waals surface area contributed by atoms with Crippen LogP contribution in [0, 0.1) is 33.2 Å². The number of nitrogens with two attached hydrogens (primary N) is 1. The number of carbonyl (C=O) groups is 2. The number of nitriles is 1. The molecule has 3 aliphatic rings. The van der Waals surface area contributed by atoms with E-state index in [9.17, 15) is 30.1 Å². The third kappa shape index (κ3) is 7.45. The van der Waals surface area contributed by atoms with Gasteiger partial charge in [0.15, 0.2) is 0 Å². The lowest BCUT2D eigenvalue weighted by Crippen LogP contribution is -2.45. The number of allylic oxidation sites excluding steroid dienone is 5. The average molecular weight is 615 g/mol. The Hall–Kier alpha value is -4.86. The Morgan fingerprint density at radius 1 is 1.20 bits per heavy atom. The summed E-state index contributed by atoms with van der Waals surface area (Å²) in [6.07, 6.45) is 11.3. The molecule has 0 bridgehead atoms. The van der Waals surface area contributed by atoms with Crippen molar-refractivity contribution in [2.24, 2.45) is 11.7 Å². The average Bonchev–Trinajstić information content (AvgIpc) is 3.75. The third-order valence-electron chi connectivity index (χ3n) is 8.61. The molecular formula is C33H35FN6O5. The van der Waals surface area contributed by atoms with Crippen LogP contribution in [0.5, 0.6) is 0 Å². The Bertz CT molecular complexity index is 1610. The van der Waals surface area contributed by atoms with Crippen LogP contribution in [0.3, 0.4) is 0 Å². The van der Waals surface area contributed by atoms with Gasteiger partial charge in [-0.05, 0) is 73.1 Å². The van der Waals surface area contributed by atoms with Gasteiger partial charge in [0.05, 0.1) is 28.3 Å². The van der Waals surface area contributed by atoms with Gasteiger partial charge in [-0.3, -0.25) is 14.9 Å². The molecule has 5 N–H and O–H groups in total. The molecule has 3 amide bonds. The molecule has 2 aliphatic carbocycles. The maximum absolute atomic E-state index is 15.2. The highest BCUT2D eigenvalue weighted by molar-refractivity contribution is 6.00. The van der Waals surface area contributed by atoms with E-state index in [2.05, 4.69) is 16.7 Å². The number of non-ortho nitro benzene ring substituents is 1. The Morgan fingerprint density at radius 3 is 2.64 bits per heavy atom. The van der Waals surface area contributed by atoms with Gasteiger partial charge >= 0.3 is 6.03 Å². The first-order chi connectivity index (χ1) is 21.6. The van der Waals surface area contributed by atoms with Crippen LogP contribution in [0.4, 0.5) is 26.2 Å². The molecule has 234 valence electrons. The monoisotopic (exact) mass is 614 g/mol. The fourth-order valence-electron chi connectivity index (χ4n) is 5.85. The van der Waals surface area contributed by atoms with E-state index in [1.165, 1.54) is 36.4 Å². The van der Waals surface area contributed by atoms with E-state index in [1.807, 2.05) is 12.2 Å². The number of rotatable bonds is 9. The summed E-state index contributed by atoms with van der Waals surface area (Å²) in [5.41, 5.74) is 8.38. The lowest BCUT2D eigenvalue weighted by Gasteiger charge is -2.34. The molecule has 1 aliphatic heterocycles. The van der Waals surface area contributed by atoms with Crippen molar-refractivity contribution in [3.8, 4) is 6.07 Å². The largest absolute Gasteiger partial charge is 0.391 e. The number of aliphatic hydroxyl groups excluding tert-OH is 1. The number of nitro benzene ring substituents is 1. The zero-order chi connectivity index (χ0) is 32.1. The molecule has 1 unspecified atom stereocenters. The standard InChI is InChI=1S/C33H35FN6O5/c34-28-14-9-24(33(36,16-15-21-7-8-21)23-5-1-3-22(19-35)4-2-6-23)17-29(28)38-31(42)30-18-27(41)20-39(30)32(43)37-25-10-12-26(13-11-25)40(44)45/h1,3-5,9-14,17,21,27,30,41H,2,6-8,15-16,18,20,36H2,(H,37,43)(H,38,42)/b3-1-,22-4+,23-5+/t27-,30-,33?/m1/s1. The minimum Gasteiger partial charge on any atom is -0.391 e. The molecule has 12 heteroatoms. The van der Waals surface area contributed by atoms with Gasteiger partial charge in [-0.1, -0.05) is 37.1 Å². The van der Waals surface area contributed by atoms with E-state index in [4.69, 9.17) is 5.73 Å². The first-order valence-corrected chi connectivity index (χ1v) is 15.0. The molecule has 1 heterocycles. The van der Waals surface area contributed by atoms with E-state index >= 15 is 4.39 Å². The lowest BCUT2D eigenvalue weighted by molar-refractivity contribution is -0.384. The number of halogens is 1. The smallest absolute Gasteiger partial charge is 0.322 e. The highest BCUT2D eigenvalue weighted by Crippen LogP contribution is 2.42. The van der Waals surface area contributed by atoms with Gasteiger partial charge in [-0.15, -0.1) is 0 Å². The molecule has 2 aromatic carbocycles. The number of likely N-dealkylation sites (tertiary alicyclic amines) is 1. The molecule has 5 rings (SSSR count). The Labute approximate surface area is 260 Å². The topological polar surface area (TPSA) is 175 Å². The van der Waals surface area contributed by atoms with Crippen LogP contribution >= 0.6 is 0 Å². The summed E-state index contributed by atoms with van der Waals surface area (Å²) in [7, 11) is 0. The molecule has 2 fully saturated rings. The van der Waals surface area contributed by atoms with Gasteiger partial charge in [0.2, 0.25) is 5.91 Å². The normalized spacial score (nSPS) is 24.0. The summed E-state index contributed by atoms with van der Waals surface area (Å²) >= 11 is 0. The van der Waals surface area contributed by atoms with Gasteiger partial charge in [0.1, 0.15) is 11.9 Å². The van der Waals surface area contributed by atoms with Crippen molar-refractivity contribution in [1.82, 2.24) is 4.90 Å². The second kappa shape index (κ2) is 13.4. The maximum atomic E-state index is 15.2. The zero-order valence-corrected chi connectivity index (χ0v) is 24.6. The fraction of sp³-hybridized carbons (Fsp3) is 0.364. The van der Waals surface area contributed by atoms with Crippen molar-refractivity contribution in [2.45, 2.75) is 62.6 Å². The van der Waals surface area contributed by atoms with Crippen molar-refractivity contribution in [3.63, 3.8) is 0 Å². The Morgan fingerprint density at radius 2 is 1.96 bits per heavy atom. The van der Waals surface area contributed by atoms with Crippen LogP contribution in [0.1, 0.15) is 50.5 Å². The number of amides is 3. The van der Waals surface area contributed by atoms with Gasteiger partial charge in [-0.2, -0.15) is 5.26 Å². The maximum Gasteiger partial charge on any atom is 0.322 e. The number of anilines is 2. The number of carbonyl (C=O) groups excluding carboxylic acids is 2. The van der Waals surface area contributed by atoms with E-state index in [0.717, 1.165) is 29.7 Å². The summed E-state index contributed by atoms with van der Waals surface area (Å²) in [5, 5.41) is 35.7. The first kappa shape index (κ1) is 31.6. The van der Waals surface area contributed by atoms with Crippen LogP contribution in [-0.2, 0) is 10.3 Å². The van der Waals surface area contributed by atoms with Crippen molar-refractivity contribution in [2.75, 3.05) is 17.2 Å². The van der Waals surface area contributed by atoms with Crippen molar-refractivity contribution < 1.29 is 24.0 Å². The van der Waals surface area contributed by atoms with Crippen LogP contribution in [0.15, 0.2) is 77.9 Å². The summed E-state index contributed by atoms with van der Waals surface area (Å²) in [6, 6.07) is 9.99. The molecule has 1 saturated heterocycles. The van der Waals surface area contributed by atoms with E-state index in [0.29, 0.717) is 36.3 Å². The number of hydrogen-bond acceptors (Lipinski definition) is 7. The molecule has 0 aromatic heterocycles. The predicted molar refractivity (Wildman–Crippen MR) is 166 cm³/mol. The van der Waals surface area contributed by atoms with E-state index in [1.54, 1.807) is 18.2 Å². The van der Waals surface area contributed by atoms with Gasteiger partial charge < -0.3 is 26.4 Å². The first-order valence-electron chi connectivity index (χ1n) is 15.0. The predicted octanol–water partition coefficient (Wildman–Crippen LogP) is 5.41. The second-order valence-corrected chi connectivity index (χ2v) is 11.8. The molecule has 0 radical (unpaired) electrons. The molecular weight excluding hydrogens is 579 g/mol. The number of aliphatic hydroxyl groups is 1. The number of urea groups is 1. The molecule has 0 spiro atoms. The number of nitrogens with zero attached hydrogens (tertiary/aromatic N) is 3. The van der Waals surface area contributed by atoms with Gasteiger partial charge in [0.25, 0.3) is 5.69 Å². The summed E-state index contributed by atoms with van der Waals surface area (Å²) in [4.78, 5) is 38.0. The number of hydrogen-bond donors (Lipinski definition) is 4. The number of nitro groups is 1. The second-order valence-electron chi connectivity index (χ2n) is 11.8. The van der Waals surface area contributed by atoms with Crippen LogP contribution < -0.4 is 16.4 Å². The third-order valence-corrected chi connectivity index (χ3v) is 8.61. The summed E-state index contributed by atoms with van der Waals surface area (Å²) in [6.45, 7) is -0.129. The molecule has 2 aromatic rings. The molecule has 45 heavy (non-hydrogen) atoms. The van der Waals surface area contributed by atoms with Gasteiger partial charge in [0, 0.05) is 36.4 Å². The fourth-order valence-corrected chi connectivity index (χ4v) is 5.85. The SMILES string of the molecule is N#CC1=C/CC\C(C(N)(CCC2CC2)c2ccc(F)c(NC(=O)[C@H]3C[C@@H](O)CN3C(=O)Nc3ccc([N+](=O)[O-])cc3)c2)=C/C=C\1. The van der Waals surface area contributed by atoms with Crippen molar-refractivity contribution in [3.05, 3.63) is 99.4 Å². The van der Waals surface area contributed by atoms with Crippen LogP contribution in [0.2, 0.25) is 0 Å². The van der Waals surface area contributed by atoms with Crippen molar-refractivity contribution in [1.29, 1.82) is 5.26 Å². The summed E-state index contributed by atoms with van der Waals surface area (Å²) < 4.78 is 15.2. The number of β-amino-alcohol motifs (C(OH)–C–C–N with tert-alkyl or cyclic N) is 1. The lowest BCUT2D eigenvalue weighted by atomic mass is 9.76. The Balaban J connectivity index is 1.36. The number of nitrogens with one attached hydrogen (secondary N) is 2. The van der Waals surface area contributed by atoms with E-state index < -0.39 is 40.4 Å². The molecule has 1 saturated carbocycles. The minimum absolute atomic E-state index is 0.0551. The highest BCUT2D eigenvalue weighted by atomic mass is 19.1. The molecule has 3 atom stereocenters. The molecule has 11 nitrogen and oxygen atoms in total. The zero-order valence-electron chi connectivity index (χ0n) is 24.6. The Kier molecular flexibility index (Phi) is 9.41. The summed E-state index contributed by atoms with van der Waals surface area (Å²) in [5.74, 6) is -0.756. The van der Waals surface area contributed by atoms with E-state index in [-0.39, 0.29) is 30.0 Å². The minimum atomic E-state index is -1.10. The van der Waals surface area contributed by atoms with Gasteiger partial charge in [-0.25, -0.2) is 9.18 Å². The quantitative estimate of drug-likeness (QED) is 0.216. The van der Waals surface area contributed by atoms with Crippen LogP contribution in [-0.4, -0.2) is 45.6 Å². The van der Waals surface area contributed by atoms with Crippen LogP contribution in [0.25, 0.3) is 0 Å². The van der Waals surface area contributed by atoms with Crippen molar-refractivity contribution >= 4 is 29.0 Å².